The minimum Gasteiger partial charge on any atom is -0.366 e. The Labute approximate surface area is 137 Å². The SMILES string of the molecule is CCc1ccccc1[Si](C)(C)C.C[Si](C)(C)OO[Si](O)(O)O. The van der Waals surface area contributed by atoms with Crippen LogP contribution in [0, 0.1) is 0 Å². The molecule has 5 nitrogen and oxygen atoms in total. The first kappa shape index (κ1) is 21.7. The van der Waals surface area contributed by atoms with Crippen molar-refractivity contribution in [2.45, 2.75) is 52.6 Å². The molecule has 8 heteroatoms. The lowest BCUT2D eigenvalue weighted by molar-refractivity contribution is -0.187. The standard InChI is InChI=1S/C11H18Si.C3H12O5Si2/c1-5-10-8-6-7-9-11(10)12(2,3)4;1-9(2,3)7-8-10(4,5)6/h6-9H,5H2,1-4H3;4-6H,1-3H3. The Morgan fingerprint density at radius 2 is 1.36 bits per heavy atom. The van der Waals surface area contributed by atoms with Crippen molar-refractivity contribution in [1.82, 2.24) is 0 Å². The summed E-state index contributed by atoms with van der Waals surface area (Å²) >= 11 is 0. The monoisotopic (exact) mass is 362 g/mol. The molecule has 0 saturated carbocycles. The predicted octanol–water partition coefficient (Wildman–Crippen LogP) is 1.98. The van der Waals surface area contributed by atoms with Crippen molar-refractivity contribution in [1.29, 1.82) is 0 Å². The lowest BCUT2D eigenvalue weighted by Gasteiger charge is -2.20. The maximum Gasteiger partial charge on any atom is 0.698 e. The number of aryl methyl sites for hydroxylation is 1. The molecular formula is C14H30O5Si3. The van der Waals surface area contributed by atoms with Gasteiger partial charge < -0.3 is 14.4 Å². The molecule has 0 spiro atoms. The molecule has 0 aromatic heterocycles. The Kier molecular flexibility index (Phi) is 8.38. The third kappa shape index (κ3) is 10.4. The van der Waals surface area contributed by atoms with Crippen molar-refractivity contribution in [3.63, 3.8) is 0 Å². The van der Waals surface area contributed by atoms with Crippen LogP contribution >= 0.6 is 0 Å². The highest BCUT2D eigenvalue weighted by molar-refractivity contribution is 6.89. The fraction of sp³-hybridized carbons (Fsp3) is 0.571. The van der Waals surface area contributed by atoms with Crippen LogP contribution in [-0.2, 0) is 15.6 Å². The molecule has 1 rings (SSSR count). The van der Waals surface area contributed by atoms with Crippen LogP contribution < -0.4 is 5.19 Å². The molecule has 0 heterocycles. The van der Waals surface area contributed by atoms with E-state index in [2.05, 4.69) is 60.0 Å². The first-order valence-corrected chi connectivity index (χ1v) is 16.0. The molecule has 0 aliphatic rings. The van der Waals surface area contributed by atoms with Gasteiger partial charge in [-0.1, -0.05) is 56.0 Å². The lowest BCUT2D eigenvalue weighted by Crippen LogP contribution is -2.42. The molecule has 0 fully saturated rings. The molecule has 0 unspecified atom stereocenters. The summed E-state index contributed by atoms with van der Waals surface area (Å²) in [4.78, 5) is 24.9. The molecule has 3 N–H and O–H groups in total. The van der Waals surface area contributed by atoms with Crippen LogP contribution in [0.2, 0.25) is 39.3 Å². The zero-order valence-corrected chi connectivity index (χ0v) is 17.7. The van der Waals surface area contributed by atoms with Crippen molar-refractivity contribution >= 4 is 30.6 Å². The Hall–Kier alpha value is -0.329. The molecule has 22 heavy (non-hydrogen) atoms. The lowest BCUT2D eigenvalue weighted by atomic mass is 10.2. The zero-order valence-electron chi connectivity index (χ0n) is 14.7. The quantitative estimate of drug-likeness (QED) is 0.424. The molecule has 128 valence electrons. The first-order chi connectivity index (χ1) is 9.76. The second-order valence-corrected chi connectivity index (χ2v) is 17.9. The van der Waals surface area contributed by atoms with Crippen LogP contribution in [0.3, 0.4) is 0 Å². The Balaban J connectivity index is 0.000000409. The third-order valence-corrected chi connectivity index (χ3v) is 5.77. The van der Waals surface area contributed by atoms with Crippen molar-refractivity contribution in [3.05, 3.63) is 29.8 Å². The fourth-order valence-corrected chi connectivity index (χ4v) is 5.01. The van der Waals surface area contributed by atoms with Crippen LogP contribution in [0.25, 0.3) is 0 Å². The first-order valence-electron chi connectivity index (χ1n) is 7.38. The second kappa shape index (κ2) is 8.50. The van der Waals surface area contributed by atoms with Crippen molar-refractivity contribution in [2.75, 3.05) is 0 Å². The highest BCUT2D eigenvalue weighted by atomic mass is 28.4. The van der Waals surface area contributed by atoms with Gasteiger partial charge in [0, 0.05) is 0 Å². The van der Waals surface area contributed by atoms with Crippen LogP contribution in [0.5, 0.6) is 0 Å². The van der Waals surface area contributed by atoms with Gasteiger partial charge in [-0.3, -0.25) is 4.58 Å². The van der Waals surface area contributed by atoms with E-state index in [0.717, 1.165) is 0 Å². The summed E-state index contributed by atoms with van der Waals surface area (Å²) in [5.41, 5.74) is 1.54. The van der Waals surface area contributed by atoms with Crippen molar-refractivity contribution < 1.29 is 23.5 Å². The van der Waals surface area contributed by atoms with Gasteiger partial charge in [-0.15, -0.1) is 0 Å². The van der Waals surface area contributed by atoms with Gasteiger partial charge in [-0.25, -0.2) is 4.58 Å². The molecule has 1 aromatic carbocycles. The average Bonchev–Trinajstić information content (AvgIpc) is 2.34. The van der Waals surface area contributed by atoms with Crippen LogP contribution in [-0.4, -0.2) is 39.8 Å². The normalized spacial score (nSPS) is 12.6. The maximum absolute atomic E-state index is 8.31. The molecule has 0 aliphatic heterocycles. The summed E-state index contributed by atoms with van der Waals surface area (Å²) in [5, 5.41) is 1.62. The third-order valence-electron chi connectivity index (χ3n) is 2.61. The number of hydrogen-bond donors (Lipinski definition) is 3. The van der Waals surface area contributed by atoms with Gasteiger partial charge in [0.1, 0.15) is 0 Å². The Bertz CT molecular complexity index is 433. The molecule has 0 aliphatic carbocycles. The maximum atomic E-state index is 8.31. The summed E-state index contributed by atoms with van der Waals surface area (Å²) in [5.74, 6) is 0. The molecule has 0 amide bonds. The minimum atomic E-state index is -4.45. The van der Waals surface area contributed by atoms with E-state index >= 15 is 0 Å². The molecule has 0 bridgehead atoms. The van der Waals surface area contributed by atoms with E-state index in [1.165, 1.54) is 12.0 Å². The van der Waals surface area contributed by atoms with E-state index < -0.39 is 25.4 Å². The van der Waals surface area contributed by atoms with Gasteiger partial charge >= 0.3 is 9.05 Å². The van der Waals surface area contributed by atoms with Crippen LogP contribution in [0.1, 0.15) is 12.5 Å². The largest absolute Gasteiger partial charge is 0.698 e. The van der Waals surface area contributed by atoms with E-state index in [1.807, 2.05) is 0 Å². The predicted molar refractivity (Wildman–Crippen MR) is 96.7 cm³/mol. The Morgan fingerprint density at radius 3 is 1.64 bits per heavy atom. The summed E-state index contributed by atoms with van der Waals surface area (Å²) in [6, 6.07) is 8.86. The van der Waals surface area contributed by atoms with Gasteiger partial charge in [0.05, 0.1) is 8.07 Å². The van der Waals surface area contributed by atoms with Crippen LogP contribution in [0.4, 0.5) is 0 Å². The molecular weight excluding hydrogens is 332 g/mol. The molecule has 1 aromatic rings. The summed E-state index contributed by atoms with van der Waals surface area (Å²) < 4.78 is 8.51. The van der Waals surface area contributed by atoms with Gasteiger partial charge in [0.15, 0.2) is 0 Å². The summed E-state index contributed by atoms with van der Waals surface area (Å²) in [6.07, 6.45) is 1.17. The number of benzene rings is 1. The van der Waals surface area contributed by atoms with E-state index in [0.29, 0.717) is 0 Å². The highest BCUT2D eigenvalue weighted by Gasteiger charge is 2.35. The second-order valence-electron chi connectivity index (χ2n) is 7.11. The Morgan fingerprint density at radius 1 is 0.864 bits per heavy atom. The van der Waals surface area contributed by atoms with E-state index in [1.54, 1.807) is 24.8 Å². The van der Waals surface area contributed by atoms with Gasteiger partial charge in [0.25, 0.3) is 0 Å². The van der Waals surface area contributed by atoms with Crippen molar-refractivity contribution in [2.24, 2.45) is 0 Å². The van der Waals surface area contributed by atoms with E-state index in [-0.39, 0.29) is 0 Å². The van der Waals surface area contributed by atoms with Gasteiger partial charge in [-0.05, 0) is 31.6 Å². The topological polar surface area (TPSA) is 79.2 Å². The van der Waals surface area contributed by atoms with E-state index in [4.69, 9.17) is 14.4 Å². The summed E-state index contributed by atoms with van der Waals surface area (Å²) in [7, 11) is -7.49. The smallest absolute Gasteiger partial charge is 0.366 e. The molecule has 0 radical (unpaired) electrons. The molecule has 0 saturated heterocycles. The van der Waals surface area contributed by atoms with Crippen LogP contribution in [0.15, 0.2) is 24.3 Å². The summed E-state index contributed by atoms with van der Waals surface area (Å²) in [6.45, 7) is 14.8. The number of rotatable bonds is 5. The van der Waals surface area contributed by atoms with Crippen molar-refractivity contribution in [3.8, 4) is 0 Å². The van der Waals surface area contributed by atoms with E-state index in [9.17, 15) is 0 Å². The van der Waals surface area contributed by atoms with Gasteiger partial charge in [0.2, 0.25) is 8.32 Å². The number of hydrogen-bond acceptors (Lipinski definition) is 5. The highest BCUT2D eigenvalue weighted by Crippen LogP contribution is 2.07. The molecule has 0 atom stereocenters. The minimum absolute atomic E-state index is 1.10. The fourth-order valence-electron chi connectivity index (χ4n) is 1.74. The van der Waals surface area contributed by atoms with Gasteiger partial charge in [-0.2, -0.15) is 0 Å². The zero-order chi connectivity index (χ0) is 17.6. The average molecular weight is 363 g/mol.